The van der Waals surface area contributed by atoms with Crippen LogP contribution in [-0.4, -0.2) is 33.0 Å². The highest BCUT2D eigenvalue weighted by atomic mass is 19.1. The minimum Gasteiger partial charge on any atom is -0.480 e. The van der Waals surface area contributed by atoms with Gasteiger partial charge < -0.3 is 20.5 Å². The molecule has 1 aliphatic rings. The van der Waals surface area contributed by atoms with Gasteiger partial charge in [-0.2, -0.15) is 0 Å². The van der Waals surface area contributed by atoms with E-state index in [9.17, 15) is 19.1 Å². The van der Waals surface area contributed by atoms with Gasteiger partial charge in [0.25, 0.3) is 5.91 Å². The summed E-state index contributed by atoms with van der Waals surface area (Å²) in [5.41, 5.74) is 7.62. The summed E-state index contributed by atoms with van der Waals surface area (Å²) in [7, 11) is 0. The fourth-order valence-electron chi connectivity index (χ4n) is 3.99. The van der Waals surface area contributed by atoms with Crippen LogP contribution in [0.3, 0.4) is 0 Å². The SMILES string of the molecule is NC(=O)c1cc(N2c3ccccc3C[C@H]2C(=O)O)nc(-c2ccc(Oc3ccc(F)cc3)cc2)n1. The zero-order chi connectivity index (χ0) is 24.5. The number of hydrogen-bond donors (Lipinski definition) is 2. The van der Waals surface area contributed by atoms with Gasteiger partial charge in [0.2, 0.25) is 0 Å². The van der Waals surface area contributed by atoms with E-state index >= 15 is 0 Å². The number of para-hydroxylation sites is 1. The van der Waals surface area contributed by atoms with E-state index in [0.717, 1.165) is 5.56 Å². The van der Waals surface area contributed by atoms with E-state index < -0.39 is 17.9 Å². The van der Waals surface area contributed by atoms with Crippen molar-refractivity contribution in [1.82, 2.24) is 9.97 Å². The van der Waals surface area contributed by atoms with Crippen molar-refractivity contribution in [1.29, 1.82) is 0 Å². The lowest BCUT2D eigenvalue weighted by Gasteiger charge is -2.24. The Hall–Kier alpha value is -4.79. The van der Waals surface area contributed by atoms with Crippen molar-refractivity contribution in [3.63, 3.8) is 0 Å². The first-order valence-electron chi connectivity index (χ1n) is 10.7. The van der Waals surface area contributed by atoms with Gasteiger partial charge in [0.1, 0.15) is 34.9 Å². The number of nitrogens with zero attached hydrogens (tertiary/aromatic N) is 3. The van der Waals surface area contributed by atoms with Crippen LogP contribution >= 0.6 is 0 Å². The number of carbonyl (C=O) groups excluding carboxylic acids is 1. The van der Waals surface area contributed by atoms with E-state index in [0.29, 0.717) is 29.2 Å². The lowest BCUT2D eigenvalue weighted by molar-refractivity contribution is -0.138. The number of amides is 1. The van der Waals surface area contributed by atoms with E-state index in [1.807, 2.05) is 24.3 Å². The van der Waals surface area contributed by atoms with Gasteiger partial charge in [0, 0.05) is 23.7 Å². The van der Waals surface area contributed by atoms with Crippen LogP contribution in [0.4, 0.5) is 15.9 Å². The van der Waals surface area contributed by atoms with Crippen LogP contribution in [0.1, 0.15) is 16.1 Å². The van der Waals surface area contributed by atoms with Crippen LogP contribution in [0, 0.1) is 5.82 Å². The van der Waals surface area contributed by atoms with E-state index in [4.69, 9.17) is 10.5 Å². The normalized spacial score (nSPS) is 14.4. The molecule has 0 saturated heterocycles. The van der Waals surface area contributed by atoms with Gasteiger partial charge in [0.05, 0.1) is 0 Å². The second kappa shape index (κ2) is 8.86. The van der Waals surface area contributed by atoms with Crippen LogP contribution in [0.25, 0.3) is 11.4 Å². The lowest BCUT2D eigenvalue weighted by atomic mass is 10.1. The average Bonchev–Trinajstić information content (AvgIpc) is 3.26. The number of benzene rings is 3. The largest absolute Gasteiger partial charge is 0.480 e. The van der Waals surface area contributed by atoms with Crippen molar-refractivity contribution >= 4 is 23.4 Å². The summed E-state index contributed by atoms with van der Waals surface area (Å²) in [4.78, 5) is 34.5. The summed E-state index contributed by atoms with van der Waals surface area (Å²) >= 11 is 0. The van der Waals surface area contributed by atoms with Crippen molar-refractivity contribution in [2.45, 2.75) is 12.5 Å². The van der Waals surface area contributed by atoms with Crippen LogP contribution in [0.15, 0.2) is 78.9 Å². The highest BCUT2D eigenvalue weighted by Gasteiger charge is 2.36. The van der Waals surface area contributed by atoms with Gasteiger partial charge in [-0.05, 0) is 60.2 Å². The number of carboxylic acid groups (broad SMARTS) is 1. The third kappa shape index (κ3) is 4.39. The third-order valence-electron chi connectivity index (χ3n) is 5.63. The molecule has 0 fully saturated rings. The molecule has 5 rings (SSSR count). The maximum absolute atomic E-state index is 13.1. The molecule has 0 spiro atoms. The molecule has 0 unspecified atom stereocenters. The standard InChI is InChI=1S/C26H19FN4O4/c27-17-7-11-19(12-8-17)35-18-9-5-15(6-10-18)25-29-20(24(28)32)14-23(30-25)31-21-4-2-1-3-16(21)13-22(31)26(33)34/h1-12,14,22H,13H2,(H2,28,32)(H,33,34)/t22-/m0/s1. The fraction of sp³-hybridized carbons (Fsp3) is 0.0769. The summed E-state index contributed by atoms with van der Waals surface area (Å²) in [6, 6.07) is 20.3. The summed E-state index contributed by atoms with van der Waals surface area (Å²) in [5, 5.41) is 9.84. The zero-order valence-corrected chi connectivity index (χ0v) is 18.3. The molecule has 35 heavy (non-hydrogen) atoms. The second-order valence-electron chi connectivity index (χ2n) is 7.94. The maximum Gasteiger partial charge on any atom is 0.327 e. The topological polar surface area (TPSA) is 119 Å². The first-order chi connectivity index (χ1) is 16.9. The van der Waals surface area contributed by atoms with Gasteiger partial charge in [-0.25, -0.2) is 19.2 Å². The smallest absolute Gasteiger partial charge is 0.327 e. The molecule has 2 heterocycles. The van der Waals surface area contributed by atoms with E-state index in [2.05, 4.69) is 9.97 Å². The number of primary amides is 1. The van der Waals surface area contributed by atoms with Crippen molar-refractivity contribution in [2.75, 3.05) is 4.90 Å². The highest BCUT2D eigenvalue weighted by molar-refractivity contribution is 5.93. The van der Waals surface area contributed by atoms with Crippen LogP contribution in [0.2, 0.25) is 0 Å². The van der Waals surface area contributed by atoms with Gasteiger partial charge in [-0.1, -0.05) is 18.2 Å². The lowest BCUT2D eigenvalue weighted by Crippen LogP contribution is -2.36. The number of nitrogens with two attached hydrogens (primary N) is 1. The Labute approximate surface area is 199 Å². The number of aliphatic carboxylic acids is 1. The Morgan fingerprint density at radius 2 is 1.63 bits per heavy atom. The molecule has 1 aliphatic heterocycles. The maximum atomic E-state index is 13.1. The first-order valence-corrected chi connectivity index (χ1v) is 10.7. The summed E-state index contributed by atoms with van der Waals surface area (Å²) in [6.45, 7) is 0. The molecule has 0 bridgehead atoms. The number of halogens is 1. The number of carbonyl (C=O) groups is 2. The van der Waals surface area contributed by atoms with Gasteiger partial charge in [-0.15, -0.1) is 0 Å². The first kappa shape index (κ1) is 22.0. The van der Waals surface area contributed by atoms with Crippen molar-refractivity contribution < 1.29 is 23.8 Å². The number of anilines is 2. The number of aromatic nitrogens is 2. The van der Waals surface area contributed by atoms with E-state index in [1.165, 1.54) is 30.3 Å². The molecule has 4 aromatic rings. The number of fused-ring (bicyclic) bond motifs is 1. The quantitative estimate of drug-likeness (QED) is 0.431. The Balaban J connectivity index is 1.52. The van der Waals surface area contributed by atoms with Gasteiger partial charge >= 0.3 is 5.97 Å². The third-order valence-corrected chi connectivity index (χ3v) is 5.63. The second-order valence-corrected chi connectivity index (χ2v) is 7.94. The average molecular weight is 470 g/mol. The Kier molecular flexibility index (Phi) is 5.58. The van der Waals surface area contributed by atoms with Crippen LogP contribution in [-0.2, 0) is 11.2 Å². The fourth-order valence-corrected chi connectivity index (χ4v) is 3.99. The Morgan fingerprint density at radius 1 is 0.971 bits per heavy atom. The van der Waals surface area contributed by atoms with Crippen LogP contribution < -0.4 is 15.4 Å². The Morgan fingerprint density at radius 3 is 2.29 bits per heavy atom. The molecule has 0 saturated carbocycles. The minimum atomic E-state index is -1.01. The van der Waals surface area contributed by atoms with Crippen molar-refractivity contribution in [3.05, 3.63) is 95.9 Å². The van der Waals surface area contributed by atoms with Gasteiger partial charge in [-0.3, -0.25) is 4.79 Å². The monoisotopic (exact) mass is 470 g/mol. The molecule has 9 heteroatoms. The minimum absolute atomic E-state index is 0.0369. The summed E-state index contributed by atoms with van der Waals surface area (Å²) < 4.78 is 18.8. The molecule has 0 aliphatic carbocycles. The Bertz CT molecular complexity index is 1420. The highest BCUT2D eigenvalue weighted by Crippen LogP contribution is 2.38. The van der Waals surface area contributed by atoms with Crippen molar-refractivity contribution in [3.8, 4) is 22.9 Å². The molecular formula is C26H19FN4O4. The van der Waals surface area contributed by atoms with Gasteiger partial charge in [0.15, 0.2) is 5.82 Å². The molecule has 8 nitrogen and oxygen atoms in total. The number of rotatable bonds is 6. The molecule has 1 atom stereocenters. The predicted molar refractivity (Wildman–Crippen MR) is 126 cm³/mol. The van der Waals surface area contributed by atoms with Crippen molar-refractivity contribution in [2.24, 2.45) is 5.73 Å². The molecular weight excluding hydrogens is 451 g/mol. The predicted octanol–water partition coefficient (Wildman–Crippen LogP) is 4.32. The molecule has 174 valence electrons. The molecule has 0 radical (unpaired) electrons. The summed E-state index contributed by atoms with van der Waals surface area (Å²) in [5.74, 6) is -0.687. The molecule has 1 aromatic heterocycles. The molecule has 3 N–H and O–H groups in total. The molecule has 3 aromatic carbocycles. The molecule has 1 amide bonds. The number of carboxylic acids is 1. The number of ether oxygens (including phenoxy) is 1. The zero-order valence-electron chi connectivity index (χ0n) is 18.3. The van der Waals surface area contributed by atoms with E-state index in [-0.39, 0.29) is 23.2 Å². The number of hydrogen-bond acceptors (Lipinski definition) is 6. The van der Waals surface area contributed by atoms with Crippen LogP contribution in [0.5, 0.6) is 11.5 Å². The summed E-state index contributed by atoms with van der Waals surface area (Å²) in [6.07, 6.45) is 0.298. The van der Waals surface area contributed by atoms with E-state index in [1.54, 1.807) is 29.2 Å².